The minimum atomic E-state index is -0.0507. The van der Waals surface area contributed by atoms with Gasteiger partial charge in [0.15, 0.2) is 6.61 Å². The molecule has 3 aromatic rings. The first kappa shape index (κ1) is 15.3. The Balaban J connectivity index is 1.47. The standard InChI is InChI=1S/C18H17N5O2/c1-13-9-14-5-2-3-8-17(14)23(13)18(24)11-25-16-7-4-6-15(10-16)22-12-19-20-21-22/h2-8,10,12-13H,9,11H2,1H3/t13-/m0/s1. The van der Waals surface area contributed by atoms with Crippen LogP contribution in [0.2, 0.25) is 0 Å². The van der Waals surface area contributed by atoms with E-state index in [1.165, 1.54) is 16.6 Å². The van der Waals surface area contributed by atoms with Crippen LogP contribution in [0.3, 0.4) is 0 Å². The fraction of sp³-hybridized carbons (Fsp3) is 0.222. The molecule has 25 heavy (non-hydrogen) atoms. The number of aromatic nitrogens is 4. The van der Waals surface area contributed by atoms with E-state index in [-0.39, 0.29) is 18.6 Å². The van der Waals surface area contributed by atoms with E-state index in [0.29, 0.717) is 5.75 Å². The Hall–Kier alpha value is -3.22. The summed E-state index contributed by atoms with van der Waals surface area (Å²) < 4.78 is 7.24. The van der Waals surface area contributed by atoms with Crippen LogP contribution in [-0.2, 0) is 11.2 Å². The van der Waals surface area contributed by atoms with Gasteiger partial charge in [0, 0.05) is 17.8 Å². The molecule has 1 aliphatic rings. The van der Waals surface area contributed by atoms with Gasteiger partial charge in [0.2, 0.25) is 0 Å². The Morgan fingerprint density at radius 3 is 2.96 bits per heavy atom. The lowest BCUT2D eigenvalue weighted by atomic mass is 10.1. The topological polar surface area (TPSA) is 73.1 Å². The average molecular weight is 335 g/mol. The number of benzene rings is 2. The fourth-order valence-electron chi connectivity index (χ4n) is 3.16. The van der Waals surface area contributed by atoms with E-state index in [1.54, 1.807) is 6.07 Å². The van der Waals surface area contributed by atoms with Crippen LogP contribution in [-0.4, -0.2) is 38.8 Å². The molecule has 7 nitrogen and oxygen atoms in total. The molecular formula is C18H17N5O2. The molecule has 1 aliphatic heterocycles. The van der Waals surface area contributed by atoms with E-state index in [2.05, 4.69) is 28.5 Å². The van der Waals surface area contributed by atoms with Crippen molar-refractivity contribution in [1.82, 2.24) is 20.2 Å². The van der Waals surface area contributed by atoms with Crippen molar-refractivity contribution in [3.8, 4) is 11.4 Å². The van der Waals surface area contributed by atoms with Gasteiger partial charge < -0.3 is 9.64 Å². The molecule has 4 rings (SSSR count). The van der Waals surface area contributed by atoms with Crippen molar-refractivity contribution in [2.24, 2.45) is 0 Å². The van der Waals surface area contributed by atoms with Crippen LogP contribution in [0.4, 0.5) is 5.69 Å². The molecule has 0 saturated carbocycles. The van der Waals surface area contributed by atoms with E-state index >= 15 is 0 Å². The van der Waals surface area contributed by atoms with Crippen molar-refractivity contribution in [3.05, 3.63) is 60.4 Å². The molecule has 126 valence electrons. The number of fused-ring (bicyclic) bond motifs is 1. The third-order valence-electron chi connectivity index (χ3n) is 4.27. The first-order valence-electron chi connectivity index (χ1n) is 8.08. The van der Waals surface area contributed by atoms with Gasteiger partial charge in [-0.15, -0.1) is 5.10 Å². The molecule has 1 atom stereocenters. The molecule has 7 heteroatoms. The zero-order valence-corrected chi connectivity index (χ0v) is 13.7. The van der Waals surface area contributed by atoms with Crippen molar-refractivity contribution in [3.63, 3.8) is 0 Å². The molecule has 2 heterocycles. The summed E-state index contributed by atoms with van der Waals surface area (Å²) in [5, 5.41) is 11.1. The van der Waals surface area contributed by atoms with Crippen molar-refractivity contribution in [2.45, 2.75) is 19.4 Å². The van der Waals surface area contributed by atoms with Gasteiger partial charge >= 0.3 is 0 Å². The SMILES string of the molecule is C[C@H]1Cc2ccccc2N1C(=O)COc1cccc(-n2cnnn2)c1. The van der Waals surface area contributed by atoms with Crippen molar-refractivity contribution >= 4 is 11.6 Å². The molecule has 2 aromatic carbocycles. The minimum absolute atomic E-state index is 0.0161. The lowest BCUT2D eigenvalue weighted by Crippen LogP contribution is -2.39. The number of hydrogen-bond donors (Lipinski definition) is 0. The summed E-state index contributed by atoms with van der Waals surface area (Å²) in [5.41, 5.74) is 2.95. The average Bonchev–Trinajstić information content (AvgIpc) is 3.27. The molecule has 0 unspecified atom stereocenters. The quantitative estimate of drug-likeness (QED) is 0.729. The van der Waals surface area contributed by atoms with Crippen molar-refractivity contribution in [2.75, 3.05) is 11.5 Å². The predicted octanol–water partition coefficient (Wildman–Crippen LogP) is 2.02. The van der Waals surface area contributed by atoms with Crippen LogP contribution in [0.1, 0.15) is 12.5 Å². The second kappa shape index (κ2) is 6.35. The van der Waals surface area contributed by atoms with E-state index in [0.717, 1.165) is 17.8 Å². The highest BCUT2D eigenvalue weighted by Gasteiger charge is 2.30. The number of nitrogens with zero attached hydrogens (tertiary/aromatic N) is 5. The maximum atomic E-state index is 12.7. The Morgan fingerprint density at radius 1 is 1.24 bits per heavy atom. The highest BCUT2D eigenvalue weighted by Crippen LogP contribution is 2.31. The Morgan fingerprint density at radius 2 is 2.12 bits per heavy atom. The third-order valence-corrected chi connectivity index (χ3v) is 4.27. The van der Waals surface area contributed by atoms with Crippen LogP contribution in [0.5, 0.6) is 5.75 Å². The molecular weight excluding hydrogens is 318 g/mol. The summed E-state index contributed by atoms with van der Waals surface area (Å²) in [6, 6.07) is 15.4. The zero-order chi connectivity index (χ0) is 17.2. The third kappa shape index (κ3) is 2.96. The molecule has 1 amide bonds. The van der Waals surface area contributed by atoms with E-state index in [1.807, 2.05) is 41.3 Å². The monoisotopic (exact) mass is 335 g/mol. The van der Waals surface area contributed by atoms with Crippen LogP contribution >= 0.6 is 0 Å². The summed E-state index contributed by atoms with van der Waals surface area (Å²) >= 11 is 0. The van der Waals surface area contributed by atoms with Gasteiger partial charge in [0.05, 0.1) is 5.69 Å². The first-order chi connectivity index (χ1) is 12.2. The van der Waals surface area contributed by atoms with E-state index in [4.69, 9.17) is 4.74 Å². The number of para-hydroxylation sites is 1. The van der Waals surface area contributed by atoms with Gasteiger partial charge in [-0.05, 0) is 47.5 Å². The smallest absolute Gasteiger partial charge is 0.265 e. The molecule has 0 bridgehead atoms. The van der Waals surface area contributed by atoms with Crippen LogP contribution in [0, 0.1) is 0 Å². The molecule has 0 radical (unpaired) electrons. The number of hydrogen-bond acceptors (Lipinski definition) is 5. The van der Waals surface area contributed by atoms with Gasteiger partial charge in [-0.3, -0.25) is 4.79 Å². The highest BCUT2D eigenvalue weighted by molar-refractivity contribution is 5.97. The van der Waals surface area contributed by atoms with E-state index < -0.39 is 0 Å². The number of carbonyl (C=O) groups excluding carboxylic acids is 1. The predicted molar refractivity (Wildman–Crippen MR) is 91.7 cm³/mol. The number of rotatable bonds is 4. The zero-order valence-electron chi connectivity index (χ0n) is 13.7. The minimum Gasteiger partial charge on any atom is -0.484 e. The Labute approximate surface area is 144 Å². The molecule has 0 fully saturated rings. The lowest BCUT2D eigenvalue weighted by molar-refractivity contribution is -0.120. The number of ether oxygens (including phenoxy) is 1. The molecule has 0 N–H and O–H groups in total. The summed E-state index contributed by atoms with van der Waals surface area (Å²) in [5.74, 6) is 0.548. The van der Waals surface area contributed by atoms with Gasteiger partial charge in [0.1, 0.15) is 12.1 Å². The van der Waals surface area contributed by atoms with Gasteiger partial charge in [-0.1, -0.05) is 24.3 Å². The molecule has 0 aliphatic carbocycles. The van der Waals surface area contributed by atoms with Gasteiger partial charge in [-0.2, -0.15) is 0 Å². The van der Waals surface area contributed by atoms with Crippen LogP contribution in [0.15, 0.2) is 54.9 Å². The largest absolute Gasteiger partial charge is 0.484 e. The summed E-state index contributed by atoms with van der Waals surface area (Å²) in [7, 11) is 0. The van der Waals surface area contributed by atoms with Crippen molar-refractivity contribution in [1.29, 1.82) is 0 Å². The Kier molecular flexibility index (Phi) is 3.89. The molecule has 0 spiro atoms. The van der Waals surface area contributed by atoms with Gasteiger partial charge in [-0.25, -0.2) is 4.68 Å². The Bertz CT molecular complexity index is 894. The fourth-order valence-corrected chi connectivity index (χ4v) is 3.16. The number of anilines is 1. The maximum Gasteiger partial charge on any atom is 0.265 e. The normalized spacial score (nSPS) is 15.9. The van der Waals surface area contributed by atoms with Crippen molar-refractivity contribution < 1.29 is 9.53 Å². The van der Waals surface area contributed by atoms with E-state index in [9.17, 15) is 4.79 Å². The summed E-state index contributed by atoms with van der Waals surface area (Å²) in [4.78, 5) is 14.5. The first-order valence-corrected chi connectivity index (χ1v) is 8.08. The second-order valence-corrected chi connectivity index (χ2v) is 5.99. The highest BCUT2D eigenvalue weighted by atomic mass is 16.5. The molecule has 1 aromatic heterocycles. The lowest BCUT2D eigenvalue weighted by Gasteiger charge is -2.22. The maximum absolute atomic E-state index is 12.7. The summed E-state index contributed by atoms with van der Waals surface area (Å²) in [6.45, 7) is 2.04. The number of carbonyl (C=O) groups is 1. The second-order valence-electron chi connectivity index (χ2n) is 5.99. The van der Waals surface area contributed by atoms with Crippen LogP contribution < -0.4 is 9.64 Å². The number of tetrazole rings is 1. The van der Waals surface area contributed by atoms with Gasteiger partial charge in [0.25, 0.3) is 5.91 Å². The summed E-state index contributed by atoms with van der Waals surface area (Å²) in [6.07, 6.45) is 2.38. The number of amides is 1. The van der Waals surface area contributed by atoms with Crippen LogP contribution in [0.25, 0.3) is 5.69 Å². The molecule has 0 saturated heterocycles.